The molecule has 0 aliphatic heterocycles. The van der Waals surface area contributed by atoms with Gasteiger partial charge in [-0.25, -0.2) is 0 Å². The molecule has 0 saturated heterocycles. The monoisotopic (exact) mass is 306 g/mol. The second-order valence-electron chi connectivity index (χ2n) is 7.57. The molecule has 0 aromatic carbocycles. The minimum atomic E-state index is -4.37. The van der Waals surface area contributed by atoms with Crippen LogP contribution in [0.3, 0.4) is 0 Å². The normalized spacial score (nSPS) is 35.8. The third-order valence-electron chi connectivity index (χ3n) is 5.54. The summed E-state index contributed by atoms with van der Waals surface area (Å²) in [4.78, 5) is 11.8. The van der Waals surface area contributed by atoms with Crippen LogP contribution in [0.2, 0.25) is 0 Å². The van der Waals surface area contributed by atoms with E-state index in [1.165, 1.54) is 6.42 Å². The van der Waals surface area contributed by atoms with Gasteiger partial charge in [-0.3, -0.25) is 4.79 Å². The van der Waals surface area contributed by atoms with Gasteiger partial charge in [-0.1, -0.05) is 20.8 Å². The molecule has 6 heteroatoms. The summed E-state index contributed by atoms with van der Waals surface area (Å²) in [5, 5.41) is 5.25. The standard InChI is InChI=1S/C15H25F3N2O/c1-9(11(21)19-8-15(16,17)18)20-12-13(2,3)10-5-6-14(12,4)7-10/h9-10,12,20H,5-8H2,1-4H3,(H,19,21). The lowest BCUT2D eigenvalue weighted by Crippen LogP contribution is -2.57. The molecule has 1 amide bonds. The van der Waals surface area contributed by atoms with Crippen LogP contribution in [0.4, 0.5) is 13.2 Å². The summed E-state index contributed by atoms with van der Waals surface area (Å²) in [6.07, 6.45) is -0.909. The van der Waals surface area contributed by atoms with Crippen LogP contribution in [0.1, 0.15) is 47.0 Å². The van der Waals surface area contributed by atoms with Gasteiger partial charge in [0, 0.05) is 6.04 Å². The lowest BCUT2D eigenvalue weighted by Gasteiger charge is -2.44. The Labute approximate surface area is 124 Å². The Kier molecular flexibility index (Phi) is 4.06. The van der Waals surface area contributed by atoms with Crippen LogP contribution in [0, 0.1) is 16.7 Å². The predicted octanol–water partition coefficient (Wildman–Crippen LogP) is 2.86. The molecule has 2 bridgehead atoms. The van der Waals surface area contributed by atoms with Crippen molar-refractivity contribution in [3.63, 3.8) is 0 Å². The van der Waals surface area contributed by atoms with E-state index in [0.717, 1.165) is 12.8 Å². The van der Waals surface area contributed by atoms with E-state index in [2.05, 4.69) is 26.1 Å². The predicted molar refractivity (Wildman–Crippen MR) is 74.7 cm³/mol. The van der Waals surface area contributed by atoms with Crippen molar-refractivity contribution in [3.05, 3.63) is 0 Å². The number of fused-ring (bicyclic) bond motifs is 2. The highest BCUT2D eigenvalue weighted by Crippen LogP contribution is 2.62. The zero-order chi connectivity index (χ0) is 16.1. The summed E-state index contributed by atoms with van der Waals surface area (Å²) in [5.41, 5.74) is 0.221. The number of alkyl halides is 3. The summed E-state index contributed by atoms with van der Waals surface area (Å²) >= 11 is 0. The fraction of sp³-hybridized carbons (Fsp3) is 0.933. The summed E-state index contributed by atoms with van der Waals surface area (Å²) in [5.74, 6) is 0.0416. The molecule has 2 N–H and O–H groups in total. The van der Waals surface area contributed by atoms with E-state index in [9.17, 15) is 18.0 Å². The number of hydrogen-bond donors (Lipinski definition) is 2. The van der Waals surface area contributed by atoms with Crippen LogP contribution in [0.25, 0.3) is 0 Å². The second-order valence-corrected chi connectivity index (χ2v) is 7.57. The van der Waals surface area contributed by atoms with Gasteiger partial charge in [0.05, 0.1) is 6.04 Å². The van der Waals surface area contributed by atoms with Gasteiger partial charge in [-0.2, -0.15) is 13.2 Å². The molecular formula is C15H25F3N2O. The first-order chi connectivity index (χ1) is 9.46. The maximum absolute atomic E-state index is 12.2. The summed E-state index contributed by atoms with van der Waals surface area (Å²) in [6.45, 7) is 6.98. The summed E-state index contributed by atoms with van der Waals surface area (Å²) in [7, 11) is 0. The SMILES string of the molecule is CC(NC1C2(C)CCC(C2)C1(C)C)C(=O)NCC(F)(F)F. The van der Waals surface area contributed by atoms with E-state index in [-0.39, 0.29) is 16.9 Å². The van der Waals surface area contributed by atoms with Crippen LogP contribution < -0.4 is 10.6 Å². The van der Waals surface area contributed by atoms with Gasteiger partial charge >= 0.3 is 6.18 Å². The molecule has 2 fully saturated rings. The lowest BCUT2D eigenvalue weighted by atomic mass is 9.68. The van der Waals surface area contributed by atoms with Crippen LogP contribution in [-0.4, -0.2) is 30.7 Å². The van der Waals surface area contributed by atoms with Crippen molar-refractivity contribution in [2.75, 3.05) is 6.54 Å². The molecule has 21 heavy (non-hydrogen) atoms. The van der Waals surface area contributed by atoms with Gasteiger partial charge in [-0.05, 0) is 42.9 Å². The molecule has 4 atom stereocenters. The highest BCUT2D eigenvalue weighted by atomic mass is 19.4. The molecule has 0 heterocycles. The van der Waals surface area contributed by atoms with Crippen molar-refractivity contribution in [1.29, 1.82) is 0 Å². The number of halogens is 3. The third kappa shape index (κ3) is 3.20. The first-order valence-electron chi connectivity index (χ1n) is 7.56. The lowest BCUT2D eigenvalue weighted by molar-refractivity contribution is -0.139. The number of hydrogen-bond acceptors (Lipinski definition) is 2. The second kappa shape index (κ2) is 5.14. The van der Waals surface area contributed by atoms with Crippen molar-refractivity contribution in [3.8, 4) is 0 Å². The molecule has 2 aliphatic carbocycles. The molecule has 4 unspecified atom stereocenters. The highest BCUT2D eigenvalue weighted by Gasteiger charge is 2.59. The zero-order valence-corrected chi connectivity index (χ0v) is 13.1. The van der Waals surface area contributed by atoms with E-state index in [1.807, 2.05) is 5.32 Å². The fourth-order valence-electron chi connectivity index (χ4n) is 4.38. The van der Waals surface area contributed by atoms with Crippen molar-refractivity contribution in [2.24, 2.45) is 16.7 Å². The van der Waals surface area contributed by atoms with Gasteiger partial charge in [0.25, 0.3) is 0 Å². The first-order valence-corrected chi connectivity index (χ1v) is 7.56. The molecule has 0 radical (unpaired) electrons. The van der Waals surface area contributed by atoms with E-state index in [4.69, 9.17) is 0 Å². The molecule has 2 aliphatic rings. The van der Waals surface area contributed by atoms with Crippen LogP contribution >= 0.6 is 0 Å². The zero-order valence-electron chi connectivity index (χ0n) is 13.1. The molecule has 122 valence electrons. The largest absolute Gasteiger partial charge is 0.405 e. The minimum absolute atomic E-state index is 0.0750. The van der Waals surface area contributed by atoms with Crippen molar-refractivity contribution < 1.29 is 18.0 Å². The summed E-state index contributed by atoms with van der Waals surface area (Å²) in [6, 6.07) is -0.455. The number of carbonyl (C=O) groups is 1. The molecule has 2 rings (SSSR count). The minimum Gasteiger partial charge on any atom is -0.346 e. The van der Waals surface area contributed by atoms with Gasteiger partial charge in [0.2, 0.25) is 5.91 Å². The van der Waals surface area contributed by atoms with Gasteiger partial charge in [-0.15, -0.1) is 0 Å². The summed E-state index contributed by atoms with van der Waals surface area (Å²) < 4.78 is 36.5. The quantitative estimate of drug-likeness (QED) is 0.838. The number of amides is 1. The Morgan fingerprint density at radius 1 is 1.33 bits per heavy atom. The first kappa shape index (κ1) is 16.6. The maximum Gasteiger partial charge on any atom is 0.405 e. The fourth-order valence-corrected chi connectivity index (χ4v) is 4.38. The van der Waals surface area contributed by atoms with Crippen molar-refractivity contribution in [2.45, 2.75) is 65.2 Å². The van der Waals surface area contributed by atoms with Crippen LogP contribution in [0.5, 0.6) is 0 Å². The third-order valence-corrected chi connectivity index (χ3v) is 5.54. The maximum atomic E-state index is 12.2. The Morgan fingerprint density at radius 2 is 1.95 bits per heavy atom. The molecule has 0 spiro atoms. The number of carbonyl (C=O) groups excluding carboxylic acids is 1. The topological polar surface area (TPSA) is 41.1 Å². The van der Waals surface area contributed by atoms with E-state index >= 15 is 0 Å². The highest BCUT2D eigenvalue weighted by molar-refractivity contribution is 5.81. The number of rotatable bonds is 4. The number of nitrogens with one attached hydrogen (secondary N) is 2. The molecule has 0 aromatic heterocycles. The van der Waals surface area contributed by atoms with E-state index in [1.54, 1.807) is 6.92 Å². The van der Waals surface area contributed by atoms with Crippen molar-refractivity contribution >= 4 is 5.91 Å². The Balaban J connectivity index is 1.96. The molecular weight excluding hydrogens is 281 g/mol. The van der Waals surface area contributed by atoms with Crippen LogP contribution in [0.15, 0.2) is 0 Å². The van der Waals surface area contributed by atoms with Gasteiger partial charge in [0.15, 0.2) is 0 Å². The van der Waals surface area contributed by atoms with Gasteiger partial charge in [0.1, 0.15) is 6.54 Å². The van der Waals surface area contributed by atoms with Crippen LogP contribution in [-0.2, 0) is 4.79 Å². The smallest absolute Gasteiger partial charge is 0.346 e. The van der Waals surface area contributed by atoms with E-state index < -0.39 is 24.7 Å². The average Bonchev–Trinajstić information content (AvgIpc) is 2.81. The Bertz CT molecular complexity index is 417. The molecule has 2 saturated carbocycles. The van der Waals surface area contributed by atoms with Crippen molar-refractivity contribution in [1.82, 2.24) is 10.6 Å². The van der Waals surface area contributed by atoms with Gasteiger partial charge < -0.3 is 10.6 Å². The molecule has 3 nitrogen and oxygen atoms in total. The average molecular weight is 306 g/mol. The molecule has 0 aromatic rings. The Hall–Kier alpha value is -0.780. The Morgan fingerprint density at radius 3 is 2.43 bits per heavy atom. The van der Waals surface area contributed by atoms with E-state index in [0.29, 0.717) is 5.92 Å².